The molecule has 1 fully saturated rings. The smallest absolute Gasteiger partial charge is 0.196 e. The van der Waals surface area contributed by atoms with Crippen LogP contribution in [0.15, 0.2) is 17.2 Å². The maximum absolute atomic E-state index is 10.7. The molecule has 1 aliphatic heterocycles. The van der Waals surface area contributed by atoms with Crippen molar-refractivity contribution < 1.29 is 30.3 Å². The number of hydrogen-bond donors (Lipinski definition) is 6. The lowest BCUT2D eigenvalue weighted by Gasteiger charge is -2.45. The van der Waals surface area contributed by atoms with Gasteiger partial charge in [0, 0.05) is 11.1 Å². The second-order valence-electron chi connectivity index (χ2n) is 8.20. The molecule has 0 aromatic carbocycles. The molecule has 0 saturated carbocycles. The maximum Gasteiger partial charge on any atom is 0.196 e. The van der Waals surface area contributed by atoms with E-state index in [2.05, 4.69) is 20.3 Å². The van der Waals surface area contributed by atoms with Gasteiger partial charge in [0.1, 0.15) is 35.0 Å². The summed E-state index contributed by atoms with van der Waals surface area (Å²) < 4.78 is 5.05. The number of aliphatic hydroxyl groups is 5. The van der Waals surface area contributed by atoms with Crippen molar-refractivity contribution in [2.45, 2.75) is 68.2 Å². The standard InChI is InChI=1S/C22H31ClN4O6S2/c1-11-14(9-25-20-17(23)12(2)26-13(3)27-20)24-6-5-16(11)34-7-4-8-35-22(32)19(30)18(29)15(10-28)33-21(22)31/h5-6,15,18-19,21,28-32H,4,7-10H2,1-3H3,(H,25,26,27)/t15-,18-,19+,21+,22+/m1/s1. The van der Waals surface area contributed by atoms with Gasteiger partial charge in [-0.1, -0.05) is 11.6 Å². The molecule has 3 heterocycles. The molecule has 1 saturated heterocycles. The Morgan fingerprint density at radius 3 is 2.63 bits per heavy atom. The lowest BCUT2D eigenvalue weighted by Crippen LogP contribution is -2.65. The molecule has 2 aromatic heterocycles. The SMILES string of the molecule is Cc1nc(C)c(Cl)c(NCc2nccc(SCCCS[C@]3(O)[C@@H](O)O[C@H](CO)[C@@H](O)[C@@H]3O)c2C)n1. The Morgan fingerprint density at radius 2 is 1.91 bits per heavy atom. The second-order valence-corrected chi connectivity index (χ2v) is 11.1. The number of nitrogens with zero attached hydrogens (tertiary/aromatic N) is 3. The zero-order valence-electron chi connectivity index (χ0n) is 19.7. The minimum absolute atomic E-state index is 0.404. The van der Waals surface area contributed by atoms with Gasteiger partial charge in [0.2, 0.25) is 0 Å². The number of hydrogen-bond acceptors (Lipinski definition) is 12. The fourth-order valence-electron chi connectivity index (χ4n) is 3.60. The third-order valence-electron chi connectivity index (χ3n) is 5.66. The first-order valence-corrected chi connectivity index (χ1v) is 13.4. The fourth-order valence-corrected chi connectivity index (χ4v) is 6.06. The van der Waals surface area contributed by atoms with Crippen LogP contribution in [0.1, 0.15) is 29.2 Å². The van der Waals surface area contributed by atoms with Gasteiger partial charge in [-0.3, -0.25) is 4.98 Å². The number of aliphatic hydroxyl groups excluding tert-OH is 4. The number of halogens is 1. The van der Waals surface area contributed by atoms with Crippen molar-refractivity contribution in [1.82, 2.24) is 15.0 Å². The molecular formula is C22H31ClN4O6S2. The summed E-state index contributed by atoms with van der Waals surface area (Å²) in [6.07, 6.45) is -3.66. The third kappa shape index (κ3) is 6.56. The van der Waals surface area contributed by atoms with Gasteiger partial charge >= 0.3 is 0 Å². The van der Waals surface area contributed by atoms with Crippen molar-refractivity contribution in [3.63, 3.8) is 0 Å². The Kier molecular flexibility index (Phi) is 10.0. The molecule has 0 radical (unpaired) electrons. The molecule has 10 nitrogen and oxygen atoms in total. The van der Waals surface area contributed by atoms with E-state index in [0.29, 0.717) is 46.8 Å². The van der Waals surface area contributed by atoms with Crippen molar-refractivity contribution >= 4 is 40.9 Å². The van der Waals surface area contributed by atoms with Gasteiger partial charge < -0.3 is 35.6 Å². The number of aromatic nitrogens is 3. The lowest BCUT2D eigenvalue weighted by molar-refractivity contribution is -0.299. The average Bonchev–Trinajstić information content (AvgIpc) is 2.83. The first-order valence-electron chi connectivity index (χ1n) is 11.1. The van der Waals surface area contributed by atoms with E-state index in [1.807, 2.05) is 26.8 Å². The van der Waals surface area contributed by atoms with Gasteiger partial charge in [0.25, 0.3) is 0 Å². The van der Waals surface area contributed by atoms with Crippen LogP contribution in [0.25, 0.3) is 0 Å². The summed E-state index contributed by atoms with van der Waals surface area (Å²) in [5.41, 5.74) is 2.60. The van der Waals surface area contributed by atoms with Crippen LogP contribution in [-0.2, 0) is 11.3 Å². The van der Waals surface area contributed by atoms with Crippen LogP contribution in [-0.4, -0.2) is 88.1 Å². The summed E-state index contributed by atoms with van der Waals surface area (Å²) in [6, 6.07) is 1.93. The number of ether oxygens (including phenoxy) is 1. The normalized spacial score (nSPS) is 26.7. The Balaban J connectivity index is 1.52. The highest BCUT2D eigenvalue weighted by Crippen LogP contribution is 2.38. The molecule has 6 N–H and O–H groups in total. The molecule has 0 spiro atoms. The Morgan fingerprint density at radius 1 is 1.17 bits per heavy atom. The summed E-state index contributed by atoms with van der Waals surface area (Å²) in [7, 11) is 0. The first kappa shape index (κ1) is 28.4. The van der Waals surface area contributed by atoms with E-state index in [1.165, 1.54) is 0 Å². The topological polar surface area (TPSA) is 161 Å². The highest BCUT2D eigenvalue weighted by molar-refractivity contribution is 8.01. The van der Waals surface area contributed by atoms with E-state index in [9.17, 15) is 25.5 Å². The van der Waals surface area contributed by atoms with Crippen LogP contribution in [0.5, 0.6) is 0 Å². The summed E-state index contributed by atoms with van der Waals surface area (Å²) in [6.45, 7) is 5.50. The molecule has 194 valence electrons. The molecule has 0 bridgehead atoms. The molecule has 2 aromatic rings. The molecule has 0 amide bonds. The van der Waals surface area contributed by atoms with E-state index in [0.717, 1.165) is 27.9 Å². The highest BCUT2D eigenvalue weighted by Gasteiger charge is 2.54. The maximum atomic E-state index is 10.7. The van der Waals surface area contributed by atoms with Crippen molar-refractivity contribution in [3.05, 3.63) is 40.1 Å². The highest BCUT2D eigenvalue weighted by atomic mass is 35.5. The Hall–Kier alpha value is -1.22. The summed E-state index contributed by atoms with van der Waals surface area (Å²) >= 11 is 8.85. The summed E-state index contributed by atoms with van der Waals surface area (Å²) in [4.78, 5) is 12.0. The summed E-state index contributed by atoms with van der Waals surface area (Å²) in [5, 5.41) is 53.9. The van der Waals surface area contributed by atoms with E-state index < -0.39 is 36.1 Å². The van der Waals surface area contributed by atoms with Gasteiger partial charge in [-0.15, -0.1) is 23.5 Å². The van der Waals surface area contributed by atoms with Crippen LogP contribution in [0, 0.1) is 20.8 Å². The zero-order chi connectivity index (χ0) is 25.8. The monoisotopic (exact) mass is 546 g/mol. The predicted octanol–water partition coefficient (Wildman–Crippen LogP) is 1.40. The van der Waals surface area contributed by atoms with Crippen molar-refractivity contribution in [3.8, 4) is 0 Å². The van der Waals surface area contributed by atoms with Gasteiger partial charge in [-0.05, 0) is 50.3 Å². The zero-order valence-corrected chi connectivity index (χ0v) is 22.1. The fraction of sp³-hybridized carbons (Fsp3) is 0.591. The van der Waals surface area contributed by atoms with E-state index in [-0.39, 0.29) is 0 Å². The largest absolute Gasteiger partial charge is 0.394 e. The van der Waals surface area contributed by atoms with Crippen LogP contribution < -0.4 is 5.32 Å². The number of nitrogens with one attached hydrogen (secondary N) is 1. The number of rotatable bonds is 10. The molecule has 13 heteroatoms. The minimum atomic E-state index is -2.08. The summed E-state index contributed by atoms with van der Waals surface area (Å²) in [5.74, 6) is 2.32. The van der Waals surface area contributed by atoms with E-state index in [1.54, 1.807) is 18.0 Å². The molecule has 1 aliphatic rings. The van der Waals surface area contributed by atoms with Gasteiger partial charge in [0.05, 0.1) is 24.5 Å². The number of pyridine rings is 1. The van der Waals surface area contributed by atoms with Crippen molar-refractivity contribution in [1.29, 1.82) is 0 Å². The second kappa shape index (κ2) is 12.3. The molecule has 0 unspecified atom stereocenters. The van der Waals surface area contributed by atoms with Crippen LogP contribution in [0.3, 0.4) is 0 Å². The minimum Gasteiger partial charge on any atom is -0.394 e. The molecule has 5 atom stereocenters. The van der Waals surface area contributed by atoms with Crippen LogP contribution in [0.2, 0.25) is 5.02 Å². The van der Waals surface area contributed by atoms with Crippen LogP contribution >= 0.6 is 35.1 Å². The van der Waals surface area contributed by atoms with E-state index in [4.69, 9.17) is 16.3 Å². The molecular weight excluding hydrogens is 516 g/mol. The number of anilines is 1. The first-order chi connectivity index (χ1) is 16.6. The predicted molar refractivity (Wildman–Crippen MR) is 136 cm³/mol. The van der Waals surface area contributed by atoms with Gasteiger partial charge in [0.15, 0.2) is 11.2 Å². The number of thioether (sulfide) groups is 2. The Bertz CT molecular complexity index is 1020. The molecule has 35 heavy (non-hydrogen) atoms. The van der Waals surface area contributed by atoms with Gasteiger partial charge in [-0.25, -0.2) is 9.97 Å². The lowest BCUT2D eigenvalue weighted by atomic mass is 9.99. The molecule has 0 aliphatic carbocycles. The Labute approximate surface area is 217 Å². The van der Waals surface area contributed by atoms with Crippen molar-refractivity contribution in [2.24, 2.45) is 0 Å². The van der Waals surface area contributed by atoms with Crippen LogP contribution in [0.4, 0.5) is 5.82 Å². The quantitative estimate of drug-likeness (QED) is 0.144. The molecule has 3 rings (SSSR count). The van der Waals surface area contributed by atoms with Gasteiger partial charge in [-0.2, -0.15) is 0 Å². The van der Waals surface area contributed by atoms with E-state index >= 15 is 0 Å². The van der Waals surface area contributed by atoms with Crippen molar-refractivity contribution in [2.75, 3.05) is 23.4 Å². The number of aryl methyl sites for hydroxylation is 2. The average molecular weight is 547 g/mol. The third-order valence-corrected chi connectivity index (χ3v) is 8.75.